The summed E-state index contributed by atoms with van der Waals surface area (Å²) in [6.45, 7) is 7.16. The zero-order valence-electron chi connectivity index (χ0n) is 18.2. The van der Waals surface area contributed by atoms with Crippen LogP contribution >= 0.6 is 11.3 Å². The van der Waals surface area contributed by atoms with Crippen molar-refractivity contribution in [2.45, 2.75) is 70.9 Å². The number of anilines is 1. The maximum atomic E-state index is 13.2. The van der Waals surface area contributed by atoms with Crippen LogP contribution in [0.5, 0.6) is 0 Å². The quantitative estimate of drug-likeness (QED) is 0.504. The van der Waals surface area contributed by atoms with Crippen LogP contribution in [0.2, 0.25) is 0 Å². The molecular weight excluding hydrogens is 424 g/mol. The number of amides is 2. The van der Waals surface area contributed by atoms with E-state index < -0.39 is 35.1 Å². The number of aromatic nitrogens is 1. The summed E-state index contributed by atoms with van der Waals surface area (Å²) in [5, 5.41) is 15.4. The number of rotatable bonds is 10. The largest absolute Gasteiger partial charge is 0.390 e. The van der Waals surface area contributed by atoms with E-state index in [9.17, 15) is 23.5 Å². The van der Waals surface area contributed by atoms with Crippen LogP contribution in [0.25, 0.3) is 0 Å². The van der Waals surface area contributed by atoms with Gasteiger partial charge in [0, 0.05) is 17.1 Å². The molecule has 170 valence electrons. The van der Waals surface area contributed by atoms with E-state index in [1.54, 1.807) is 20.0 Å². The van der Waals surface area contributed by atoms with E-state index in [-0.39, 0.29) is 17.9 Å². The Morgan fingerprint density at radius 2 is 1.84 bits per heavy atom. The second-order valence-electron chi connectivity index (χ2n) is 8.41. The smallest absolute Gasteiger partial charge is 0.248 e. The standard InChI is InChI=1S/C22H29F2N3O3S/c1-13(6-5-7-22(3,4)30)18-12-25-21(31-18)27-20(29)14(2)26-19(28)10-15-8-16(23)11-17(24)9-15/h8-9,11-14,30H,5-7,10H2,1-4H3,(H,26,28)(H,25,27,29). The van der Waals surface area contributed by atoms with Gasteiger partial charge in [-0.15, -0.1) is 11.3 Å². The van der Waals surface area contributed by atoms with E-state index in [0.717, 1.165) is 35.9 Å². The fourth-order valence-electron chi connectivity index (χ4n) is 3.03. The first kappa shape index (κ1) is 24.9. The predicted molar refractivity (Wildman–Crippen MR) is 117 cm³/mol. The van der Waals surface area contributed by atoms with Crippen LogP contribution in [0.15, 0.2) is 24.4 Å². The van der Waals surface area contributed by atoms with E-state index in [1.165, 1.54) is 18.3 Å². The number of hydrogen-bond acceptors (Lipinski definition) is 5. The minimum Gasteiger partial charge on any atom is -0.390 e. The number of nitrogens with one attached hydrogen (secondary N) is 2. The monoisotopic (exact) mass is 453 g/mol. The fraction of sp³-hybridized carbons (Fsp3) is 0.500. The van der Waals surface area contributed by atoms with Crippen molar-refractivity contribution in [1.82, 2.24) is 10.3 Å². The number of halogens is 2. The highest BCUT2D eigenvalue weighted by atomic mass is 32.1. The third-order valence-corrected chi connectivity index (χ3v) is 5.87. The molecule has 2 amide bonds. The van der Waals surface area contributed by atoms with Crippen LogP contribution in [0, 0.1) is 11.6 Å². The molecule has 0 saturated carbocycles. The molecule has 6 nitrogen and oxygen atoms in total. The van der Waals surface area contributed by atoms with Crippen molar-refractivity contribution in [2.75, 3.05) is 5.32 Å². The molecule has 0 bridgehead atoms. The van der Waals surface area contributed by atoms with Crippen molar-refractivity contribution in [3.63, 3.8) is 0 Å². The first-order chi connectivity index (χ1) is 14.4. The zero-order chi connectivity index (χ0) is 23.2. The van der Waals surface area contributed by atoms with Crippen molar-refractivity contribution in [2.24, 2.45) is 0 Å². The molecule has 31 heavy (non-hydrogen) atoms. The molecule has 2 aromatic rings. The molecule has 0 fully saturated rings. The Morgan fingerprint density at radius 3 is 2.45 bits per heavy atom. The number of thiazole rings is 1. The van der Waals surface area contributed by atoms with Crippen LogP contribution in [-0.2, 0) is 16.0 Å². The first-order valence-electron chi connectivity index (χ1n) is 10.2. The van der Waals surface area contributed by atoms with Crippen molar-refractivity contribution < 1.29 is 23.5 Å². The molecule has 2 rings (SSSR count). The van der Waals surface area contributed by atoms with E-state index in [2.05, 4.69) is 22.5 Å². The number of hydrogen-bond donors (Lipinski definition) is 3. The summed E-state index contributed by atoms with van der Waals surface area (Å²) in [5.41, 5.74) is -0.499. The van der Waals surface area contributed by atoms with E-state index >= 15 is 0 Å². The van der Waals surface area contributed by atoms with Crippen molar-refractivity contribution in [3.05, 3.63) is 46.5 Å². The molecule has 2 atom stereocenters. The van der Waals surface area contributed by atoms with Crippen LogP contribution < -0.4 is 10.6 Å². The highest BCUT2D eigenvalue weighted by molar-refractivity contribution is 7.15. The summed E-state index contributed by atoms with van der Waals surface area (Å²) < 4.78 is 26.5. The van der Waals surface area contributed by atoms with Gasteiger partial charge in [0.1, 0.15) is 17.7 Å². The molecule has 2 unspecified atom stereocenters. The van der Waals surface area contributed by atoms with Crippen molar-refractivity contribution in [3.8, 4) is 0 Å². The summed E-state index contributed by atoms with van der Waals surface area (Å²) in [7, 11) is 0. The molecule has 0 spiro atoms. The van der Waals surface area contributed by atoms with E-state index in [4.69, 9.17) is 0 Å². The van der Waals surface area contributed by atoms with Gasteiger partial charge >= 0.3 is 0 Å². The van der Waals surface area contributed by atoms with E-state index in [1.807, 2.05) is 0 Å². The lowest BCUT2D eigenvalue weighted by Crippen LogP contribution is -2.42. The van der Waals surface area contributed by atoms with E-state index in [0.29, 0.717) is 11.6 Å². The maximum Gasteiger partial charge on any atom is 0.248 e. The molecule has 1 aromatic carbocycles. The second-order valence-corrected chi connectivity index (χ2v) is 9.47. The Morgan fingerprint density at radius 1 is 1.19 bits per heavy atom. The third-order valence-electron chi connectivity index (χ3n) is 4.72. The van der Waals surface area contributed by atoms with Crippen LogP contribution in [0.1, 0.15) is 63.3 Å². The molecule has 0 aliphatic carbocycles. The number of benzene rings is 1. The highest BCUT2D eigenvalue weighted by Crippen LogP contribution is 2.30. The predicted octanol–water partition coefficient (Wildman–Crippen LogP) is 4.15. The summed E-state index contributed by atoms with van der Waals surface area (Å²) in [6.07, 6.45) is 3.96. The molecule has 1 heterocycles. The molecule has 0 saturated heterocycles. The van der Waals surface area contributed by atoms with Gasteiger partial charge in [0.25, 0.3) is 0 Å². The van der Waals surface area contributed by atoms with Gasteiger partial charge in [-0.05, 0) is 63.6 Å². The Bertz CT molecular complexity index is 891. The molecule has 0 aliphatic rings. The summed E-state index contributed by atoms with van der Waals surface area (Å²) in [6, 6.07) is 2.04. The van der Waals surface area contributed by atoms with Crippen molar-refractivity contribution >= 4 is 28.3 Å². The minimum absolute atomic E-state index is 0.186. The van der Waals surface area contributed by atoms with Gasteiger partial charge in [-0.2, -0.15) is 0 Å². The Balaban J connectivity index is 1.83. The Labute approximate surface area is 185 Å². The van der Waals surface area contributed by atoms with Gasteiger partial charge in [0.2, 0.25) is 11.8 Å². The Hall–Kier alpha value is -2.39. The number of nitrogens with zero attached hydrogens (tertiary/aromatic N) is 1. The lowest BCUT2D eigenvalue weighted by atomic mass is 9.96. The molecule has 3 N–H and O–H groups in total. The molecule has 9 heteroatoms. The minimum atomic E-state index is -0.845. The zero-order valence-corrected chi connectivity index (χ0v) is 19.0. The van der Waals surface area contributed by atoms with Gasteiger partial charge in [0.05, 0.1) is 12.0 Å². The van der Waals surface area contributed by atoms with Gasteiger partial charge in [-0.1, -0.05) is 6.92 Å². The maximum absolute atomic E-state index is 13.2. The average molecular weight is 454 g/mol. The molecular formula is C22H29F2N3O3S. The third kappa shape index (κ3) is 8.70. The van der Waals surface area contributed by atoms with Gasteiger partial charge in [-0.3, -0.25) is 9.59 Å². The van der Waals surface area contributed by atoms with Crippen LogP contribution in [0.3, 0.4) is 0 Å². The normalized spacial score (nSPS) is 13.5. The summed E-state index contributed by atoms with van der Waals surface area (Å²) in [4.78, 5) is 29.7. The molecule has 0 aliphatic heterocycles. The first-order valence-corrected chi connectivity index (χ1v) is 11.0. The van der Waals surface area contributed by atoms with Gasteiger partial charge in [0.15, 0.2) is 5.13 Å². The number of aliphatic hydroxyl groups is 1. The van der Waals surface area contributed by atoms with Gasteiger partial charge in [-0.25, -0.2) is 13.8 Å². The van der Waals surface area contributed by atoms with Crippen molar-refractivity contribution in [1.29, 1.82) is 0 Å². The summed E-state index contributed by atoms with van der Waals surface area (Å²) in [5.74, 6) is -2.23. The second kappa shape index (κ2) is 10.8. The SMILES string of the molecule is CC(NC(=O)Cc1cc(F)cc(F)c1)C(=O)Nc1ncc(C(C)CCCC(C)(C)O)s1. The van der Waals surface area contributed by atoms with Gasteiger partial charge < -0.3 is 15.7 Å². The highest BCUT2D eigenvalue weighted by Gasteiger charge is 2.19. The number of carbonyl (C=O) groups excluding carboxylic acids is 2. The van der Waals surface area contributed by atoms with Crippen LogP contribution in [-0.4, -0.2) is 33.5 Å². The van der Waals surface area contributed by atoms with Crippen LogP contribution in [0.4, 0.5) is 13.9 Å². The molecule has 1 aromatic heterocycles. The lowest BCUT2D eigenvalue weighted by Gasteiger charge is -2.17. The topological polar surface area (TPSA) is 91.3 Å². The lowest BCUT2D eigenvalue weighted by molar-refractivity contribution is -0.125. The average Bonchev–Trinajstić information content (AvgIpc) is 3.08. The Kier molecular flexibility index (Phi) is 8.64. The molecule has 0 radical (unpaired) electrons. The summed E-state index contributed by atoms with van der Waals surface area (Å²) >= 11 is 1.37. The fourth-order valence-corrected chi connectivity index (χ4v) is 3.93. The number of carbonyl (C=O) groups is 2.